The van der Waals surface area contributed by atoms with Crippen molar-refractivity contribution in [1.82, 2.24) is 9.80 Å². The van der Waals surface area contributed by atoms with Crippen molar-refractivity contribution in [2.45, 2.75) is 30.4 Å². The second-order valence-electron chi connectivity index (χ2n) is 5.96. The van der Waals surface area contributed by atoms with Gasteiger partial charge in [-0.05, 0) is 37.5 Å². The van der Waals surface area contributed by atoms with Gasteiger partial charge in [0.15, 0.2) is 0 Å². The van der Waals surface area contributed by atoms with Crippen LogP contribution in [0.5, 0.6) is 5.75 Å². The Kier molecular flexibility index (Phi) is 4.80. The molecule has 0 unspecified atom stereocenters. The fraction of sp³-hybridized carbons (Fsp3) is 0.529. The fourth-order valence-corrected chi connectivity index (χ4v) is 4.35. The van der Waals surface area contributed by atoms with Crippen molar-refractivity contribution in [3.63, 3.8) is 0 Å². The van der Waals surface area contributed by atoms with Crippen molar-refractivity contribution in [2.24, 2.45) is 0 Å². The number of methoxy groups -OCH3 is 1. The van der Waals surface area contributed by atoms with E-state index in [1.54, 1.807) is 23.8 Å². The van der Waals surface area contributed by atoms with Crippen LogP contribution in [0.3, 0.4) is 0 Å². The molecule has 0 spiro atoms. The van der Waals surface area contributed by atoms with Crippen LogP contribution in [0.4, 0.5) is 0 Å². The van der Waals surface area contributed by atoms with E-state index < -0.39 is 0 Å². The summed E-state index contributed by atoms with van der Waals surface area (Å²) in [7, 11) is 1.63. The number of ether oxygens (including phenoxy) is 1. The maximum absolute atomic E-state index is 12.5. The Bertz CT molecular complexity index is 584. The number of likely N-dealkylation sites (tertiary alicyclic amines) is 1. The molecule has 23 heavy (non-hydrogen) atoms. The molecule has 6 heteroatoms. The van der Waals surface area contributed by atoms with Crippen molar-refractivity contribution in [2.75, 3.05) is 26.7 Å². The predicted octanol–water partition coefficient (Wildman–Crippen LogP) is 2.28. The zero-order valence-corrected chi connectivity index (χ0v) is 14.3. The molecule has 0 aromatic heterocycles. The van der Waals surface area contributed by atoms with E-state index in [9.17, 15) is 9.59 Å². The number of hydrogen-bond donors (Lipinski definition) is 0. The van der Waals surface area contributed by atoms with Crippen LogP contribution in [0, 0.1) is 0 Å². The molecule has 124 valence electrons. The van der Waals surface area contributed by atoms with Gasteiger partial charge in [-0.2, -0.15) is 0 Å². The Balaban J connectivity index is 1.76. The van der Waals surface area contributed by atoms with E-state index >= 15 is 0 Å². The Morgan fingerprint density at radius 2 is 1.91 bits per heavy atom. The molecule has 2 amide bonds. The molecule has 1 aromatic carbocycles. The summed E-state index contributed by atoms with van der Waals surface area (Å²) >= 11 is 1.60. The second kappa shape index (κ2) is 6.83. The first kappa shape index (κ1) is 16.2. The van der Waals surface area contributed by atoms with Gasteiger partial charge in [0.25, 0.3) is 0 Å². The lowest BCUT2D eigenvalue weighted by Crippen LogP contribution is -2.41. The van der Waals surface area contributed by atoms with E-state index in [0.29, 0.717) is 0 Å². The summed E-state index contributed by atoms with van der Waals surface area (Å²) in [5.74, 6) is 0.892. The number of amides is 2. The van der Waals surface area contributed by atoms with Gasteiger partial charge in [0, 0.05) is 13.1 Å². The van der Waals surface area contributed by atoms with Crippen LogP contribution in [0.25, 0.3) is 0 Å². The van der Waals surface area contributed by atoms with Gasteiger partial charge < -0.3 is 14.5 Å². The zero-order valence-electron chi connectivity index (χ0n) is 13.5. The Hall–Kier alpha value is -1.69. The Morgan fingerprint density at radius 3 is 2.52 bits per heavy atom. The lowest BCUT2D eigenvalue weighted by molar-refractivity contribution is -0.139. The van der Waals surface area contributed by atoms with Gasteiger partial charge in [0.2, 0.25) is 11.8 Å². The molecule has 1 aromatic rings. The highest BCUT2D eigenvalue weighted by atomic mass is 32.2. The molecule has 3 rings (SSSR count). The molecule has 5 nitrogen and oxygen atoms in total. The number of hydrogen-bond acceptors (Lipinski definition) is 4. The van der Waals surface area contributed by atoms with Gasteiger partial charge in [-0.15, -0.1) is 11.8 Å². The van der Waals surface area contributed by atoms with Gasteiger partial charge >= 0.3 is 0 Å². The van der Waals surface area contributed by atoms with Crippen LogP contribution < -0.4 is 4.74 Å². The van der Waals surface area contributed by atoms with Crippen molar-refractivity contribution in [3.8, 4) is 5.75 Å². The highest BCUT2D eigenvalue weighted by molar-refractivity contribution is 8.01. The van der Waals surface area contributed by atoms with Gasteiger partial charge in [-0.25, -0.2) is 0 Å². The first-order valence-corrected chi connectivity index (χ1v) is 8.92. The average Bonchev–Trinajstić information content (AvgIpc) is 3.19. The molecule has 2 aliphatic rings. The largest absolute Gasteiger partial charge is 0.497 e. The number of thioether (sulfide) groups is 1. The first-order valence-electron chi connectivity index (χ1n) is 7.98. The maximum atomic E-state index is 12.5. The molecular weight excluding hydrogens is 312 g/mol. The minimum absolute atomic E-state index is 0.0448. The highest BCUT2D eigenvalue weighted by Crippen LogP contribution is 2.43. The van der Waals surface area contributed by atoms with Crippen LogP contribution in [-0.2, 0) is 9.59 Å². The summed E-state index contributed by atoms with van der Waals surface area (Å²) in [4.78, 5) is 28.5. The van der Waals surface area contributed by atoms with E-state index in [0.717, 1.165) is 37.2 Å². The molecular formula is C17H22N2O3S. The van der Waals surface area contributed by atoms with Crippen molar-refractivity contribution < 1.29 is 14.3 Å². The third kappa shape index (κ3) is 3.32. The third-order valence-electron chi connectivity index (χ3n) is 4.41. The minimum Gasteiger partial charge on any atom is -0.497 e. The molecule has 0 radical (unpaired) electrons. The number of carbonyl (C=O) groups excluding carboxylic acids is 2. The van der Waals surface area contributed by atoms with Gasteiger partial charge in [-0.3, -0.25) is 9.59 Å². The predicted molar refractivity (Wildman–Crippen MR) is 90.3 cm³/mol. The van der Waals surface area contributed by atoms with Crippen molar-refractivity contribution in [3.05, 3.63) is 29.8 Å². The fourth-order valence-electron chi connectivity index (χ4n) is 3.07. The molecule has 2 saturated heterocycles. The minimum atomic E-state index is -0.117. The zero-order chi connectivity index (χ0) is 16.4. The summed E-state index contributed by atoms with van der Waals surface area (Å²) in [6.45, 7) is 3.71. The average molecular weight is 334 g/mol. The standard InChI is InChI=1S/C17H22N2O3S/c1-12-16(21)19(11-15(20)18-9-3-4-10-18)17(23-12)13-5-7-14(22-2)8-6-13/h5-8,12,17H,3-4,9-11H2,1-2H3/t12-,17-/m1/s1. The molecule has 2 fully saturated rings. The molecule has 0 saturated carbocycles. The quantitative estimate of drug-likeness (QED) is 0.848. The summed E-state index contributed by atoms with van der Waals surface area (Å²) < 4.78 is 5.18. The lowest BCUT2D eigenvalue weighted by Gasteiger charge is -2.26. The van der Waals surface area contributed by atoms with Gasteiger partial charge in [0.05, 0.1) is 12.4 Å². The van der Waals surface area contributed by atoms with Gasteiger partial charge in [-0.1, -0.05) is 12.1 Å². The maximum Gasteiger partial charge on any atom is 0.242 e. The molecule has 0 bridgehead atoms. The van der Waals surface area contributed by atoms with E-state index in [1.807, 2.05) is 36.1 Å². The van der Waals surface area contributed by atoms with Crippen molar-refractivity contribution in [1.29, 1.82) is 0 Å². The van der Waals surface area contributed by atoms with Crippen LogP contribution in [0.15, 0.2) is 24.3 Å². The van der Waals surface area contributed by atoms with Crippen LogP contribution in [0.2, 0.25) is 0 Å². The summed E-state index contributed by atoms with van der Waals surface area (Å²) in [5, 5.41) is -0.219. The number of carbonyl (C=O) groups is 2. The molecule has 2 atom stereocenters. The number of benzene rings is 1. The van der Waals surface area contributed by atoms with Crippen LogP contribution in [0.1, 0.15) is 30.7 Å². The monoisotopic (exact) mass is 334 g/mol. The first-order chi connectivity index (χ1) is 11.1. The van der Waals surface area contributed by atoms with E-state index in [1.165, 1.54) is 0 Å². The molecule has 2 aliphatic heterocycles. The number of nitrogens with zero attached hydrogens (tertiary/aromatic N) is 2. The number of rotatable bonds is 4. The summed E-state index contributed by atoms with van der Waals surface area (Å²) in [5.41, 5.74) is 1.03. The third-order valence-corrected chi connectivity index (χ3v) is 5.81. The summed E-state index contributed by atoms with van der Waals surface area (Å²) in [6, 6.07) is 7.72. The highest BCUT2D eigenvalue weighted by Gasteiger charge is 2.40. The Morgan fingerprint density at radius 1 is 1.26 bits per heavy atom. The van der Waals surface area contributed by atoms with E-state index in [2.05, 4.69) is 0 Å². The van der Waals surface area contributed by atoms with E-state index in [4.69, 9.17) is 4.74 Å². The molecule has 0 N–H and O–H groups in total. The summed E-state index contributed by atoms with van der Waals surface area (Å²) in [6.07, 6.45) is 2.12. The second-order valence-corrected chi connectivity index (χ2v) is 7.38. The Labute approximate surface area is 141 Å². The van der Waals surface area contributed by atoms with Crippen LogP contribution >= 0.6 is 11.8 Å². The smallest absolute Gasteiger partial charge is 0.242 e. The SMILES string of the molecule is COc1ccc([C@H]2S[C@H](C)C(=O)N2CC(=O)N2CCCC2)cc1. The van der Waals surface area contributed by atoms with Gasteiger partial charge in [0.1, 0.15) is 17.7 Å². The van der Waals surface area contributed by atoms with E-state index in [-0.39, 0.29) is 29.0 Å². The van der Waals surface area contributed by atoms with Crippen LogP contribution in [-0.4, -0.2) is 53.6 Å². The van der Waals surface area contributed by atoms with Crippen molar-refractivity contribution >= 4 is 23.6 Å². The normalized spacial score (nSPS) is 24.3. The molecule has 0 aliphatic carbocycles. The molecule has 2 heterocycles. The topological polar surface area (TPSA) is 49.9 Å². The lowest BCUT2D eigenvalue weighted by atomic mass is 10.2.